The number of rotatable bonds is 6. The molecule has 0 bridgehead atoms. The fourth-order valence-corrected chi connectivity index (χ4v) is 2.65. The van der Waals surface area contributed by atoms with Crippen LogP contribution in [0.5, 0.6) is 5.75 Å². The summed E-state index contributed by atoms with van der Waals surface area (Å²) in [6.07, 6.45) is 0.377. The van der Waals surface area contributed by atoms with Crippen LogP contribution in [0.1, 0.15) is 42.1 Å². The molecule has 0 aromatic heterocycles. The molecule has 1 unspecified atom stereocenters. The number of hydrogen-bond acceptors (Lipinski definition) is 2. The third kappa shape index (κ3) is 4.85. The molecule has 1 N–H and O–H groups in total. The predicted molar refractivity (Wildman–Crippen MR) is 93.8 cm³/mol. The first-order valence-corrected chi connectivity index (χ1v) is 8.08. The molecule has 122 valence electrons. The van der Waals surface area contributed by atoms with Crippen molar-refractivity contribution in [2.24, 2.45) is 0 Å². The Hall–Kier alpha value is -2.29. The minimum atomic E-state index is 0.00472. The number of nitrogens with one attached hydrogen (secondary N) is 1. The molecule has 3 heteroatoms. The molecule has 2 rings (SSSR count). The van der Waals surface area contributed by atoms with Gasteiger partial charge in [0.15, 0.2) is 0 Å². The van der Waals surface area contributed by atoms with Gasteiger partial charge < -0.3 is 10.1 Å². The summed E-state index contributed by atoms with van der Waals surface area (Å²) in [5.41, 5.74) is 4.56. The van der Waals surface area contributed by atoms with Gasteiger partial charge in [0.25, 0.3) is 0 Å². The summed E-state index contributed by atoms with van der Waals surface area (Å²) >= 11 is 0. The highest BCUT2D eigenvalue weighted by Crippen LogP contribution is 2.19. The zero-order valence-corrected chi connectivity index (χ0v) is 14.3. The fraction of sp³-hybridized carbons (Fsp3) is 0.350. The minimum absolute atomic E-state index is 0.00472. The Labute approximate surface area is 138 Å². The Morgan fingerprint density at radius 3 is 2.48 bits per heavy atom. The molecule has 0 aliphatic heterocycles. The molecule has 0 radical (unpaired) electrons. The van der Waals surface area contributed by atoms with E-state index in [2.05, 4.69) is 37.4 Å². The van der Waals surface area contributed by atoms with Gasteiger partial charge in [-0.25, -0.2) is 0 Å². The second-order valence-electron chi connectivity index (χ2n) is 5.90. The zero-order chi connectivity index (χ0) is 16.8. The van der Waals surface area contributed by atoms with Crippen LogP contribution in [-0.2, 0) is 11.2 Å². The van der Waals surface area contributed by atoms with Gasteiger partial charge in [-0.15, -0.1) is 0 Å². The van der Waals surface area contributed by atoms with E-state index >= 15 is 0 Å². The lowest BCUT2D eigenvalue weighted by Crippen LogP contribution is -2.28. The number of hydrogen-bond donors (Lipinski definition) is 1. The molecular formula is C20H25NO2. The molecule has 2 aromatic rings. The lowest BCUT2D eigenvalue weighted by molar-refractivity contribution is -0.121. The summed E-state index contributed by atoms with van der Waals surface area (Å²) < 4.78 is 5.41. The van der Waals surface area contributed by atoms with Crippen LogP contribution >= 0.6 is 0 Å². The van der Waals surface area contributed by atoms with Crippen LogP contribution in [0.2, 0.25) is 0 Å². The molecule has 0 spiro atoms. The maximum Gasteiger partial charge on any atom is 0.224 e. The SMILES string of the molecule is CCOc1ccc(CC(=O)NC(C)c2cc(C)ccc2C)cc1. The van der Waals surface area contributed by atoms with Gasteiger partial charge in [-0.05, 0) is 56.5 Å². The van der Waals surface area contributed by atoms with Crippen molar-refractivity contribution in [1.82, 2.24) is 5.32 Å². The lowest BCUT2D eigenvalue weighted by Gasteiger charge is -2.17. The van der Waals surface area contributed by atoms with Gasteiger partial charge in [0.2, 0.25) is 5.91 Å². The first kappa shape index (κ1) is 17.1. The lowest BCUT2D eigenvalue weighted by atomic mass is 10.00. The molecule has 3 nitrogen and oxygen atoms in total. The number of benzene rings is 2. The smallest absolute Gasteiger partial charge is 0.224 e. The van der Waals surface area contributed by atoms with Crippen molar-refractivity contribution in [2.45, 2.75) is 40.2 Å². The molecule has 23 heavy (non-hydrogen) atoms. The molecule has 0 saturated carbocycles. The molecular weight excluding hydrogens is 286 g/mol. The topological polar surface area (TPSA) is 38.3 Å². The van der Waals surface area contributed by atoms with Crippen LogP contribution in [0.25, 0.3) is 0 Å². The van der Waals surface area contributed by atoms with E-state index in [9.17, 15) is 4.79 Å². The van der Waals surface area contributed by atoms with E-state index in [1.54, 1.807) is 0 Å². The summed E-state index contributed by atoms with van der Waals surface area (Å²) in [4.78, 5) is 12.3. The van der Waals surface area contributed by atoms with Gasteiger partial charge >= 0.3 is 0 Å². The van der Waals surface area contributed by atoms with E-state index in [4.69, 9.17) is 4.74 Å². The van der Waals surface area contributed by atoms with Gasteiger partial charge in [0.1, 0.15) is 5.75 Å². The highest BCUT2D eigenvalue weighted by atomic mass is 16.5. The van der Waals surface area contributed by atoms with Crippen LogP contribution < -0.4 is 10.1 Å². The van der Waals surface area contributed by atoms with Crippen molar-refractivity contribution in [3.8, 4) is 5.75 Å². The summed E-state index contributed by atoms with van der Waals surface area (Å²) in [6.45, 7) is 8.77. The number of carbonyl (C=O) groups excluding carboxylic acids is 1. The second kappa shape index (κ2) is 7.82. The highest BCUT2D eigenvalue weighted by molar-refractivity contribution is 5.79. The van der Waals surface area contributed by atoms with Crippen molar-refractivity contribution in [2.75, 3.05) is 6.61 Å². The average Bonchev–Trinajstić information content (AvgIpc) is 2.51. The van der Waals surface area contributed by atoms with Crippen LogP contribution in [-0.4, -0.2) is 12.5 Å². The quantitative estimate of drug-likeness (QED) is 0.871. The van der Waals surface area contributed by atoms with E-state index in [1.807, 2.05) is 38.1 Å². The molecule has 0 aliphatic carbocycles. The molecule has 0 fully saturated rings. The van der Waals surface area contributed by atoms with Crippen molar-refractivity contribution in [3.63, 3.8) is 0 Å². The third-order valence-corrected chi connectivity index (χ3v) is 3.88. The predicted octanol–water partition coefficient (Wildman–Crippen LogP) is 4.12. The van der Waals surface area contributed by atoms with Crippen molar-refractivity contribution in [1.29, 1.82) is 0 Å². The molecule has 0 saturated heterocycles. The largest absolute Gasteiger partial charge is 0.494 e. The Morgan fingerprint density at radius 2 is 1.83 bits per heavy atom. The Bertz CT molecular complexity index is 662. The Kier molecular flexibility index (Phi) is 5.80. The maximum atomic E-state index is 12.3. The van der Waals surface area contributed by atoms with E-state index in [0.29, 0.717) is 13.0 Å². The molecule has 1 amide bonds. The average molecular weight is 311 g/mol. The second-order valence-corrected chi connectivity index (χ2v) is 5.90. The maximum absolute atomic E-state index is 12.3. The number of ether oxygens (including phenoxy) is 1. The Morgan fingerprint density at radius 1 is 1.13 bits per heavy atom. The highest BCUT2D eigenvalue weighted by Gasteiger charge is 2.12. The van der Waals surface area contributed by atoms with Gasteiger partial charge in [-0.2, -0.15) is 0 Å². The van der Waals surface area contributed by atoms with Crippen LogP contribution in [0, 0.1) is 13.8 Å². The molecule has 1 atom stereocenters. The van der Waals surface area contributed by atoms with E-state index in [-0.39, 0.29) is 11.9 Å². The van der Waals surface area contributed by atoms with Gasteiger partial charge in [0.05, 0.1) is 19.1 Å². The van der Waals surface area contributed by atoms with Crippen LogP contribution in [0.3, 0.4) is 0 Å². The normalized spacial score (nSPS) is 11.8. The monoisotopic (exact) mass is 311 g/mol. The zero-order valence-electron chi connectivity index (χ0n) is 14.3. The summed E-state index contributed by atoms with van der Waals surface area (Å²) in [5.74, 6) is 0.864. The van der Waals surface area contributed by atoms with Crippen molar-refractivity contribution < 1.29 is 9.53 Å². The summed E-state index contributed by atoms with van der Waals surface area (Å²) in [6, 6.07) is 14.0. The molecule has 2 aromatic carbocycles. The Balaban J connectivity index is 1.97. The van der Waals surface area contributed by atoms with Crippen LogP contribution in [0.4, 0.5) is 0 Å². The van der Waals surface area contributed by atoms with Gasteiger partial charge in [-0.1, -0.05) is 35.9 Å². The van der Waals surface area contributed by atoms with E-state index in [0.717, 1.165) is 11.3 Å². The van der Waals surface area contributed by atoms with E-state index in [1.165, 1.54) is 16.7 Å². The van der Waals surface area contributed by atoms with E-state index < -0.39 is 0 Å². The minimum Gasteiger partial charge on any atom is -0.494 e. The standard InChI is InChI=1S/C20H25NO2/c1-5-23-18-10-8-17(9-11-18)13-20(22)21-16(4)19-12-14(2)6-7-15(19)3/h6-12,16H,5,13H2,1-4H3,(H,21,22). The van der Waals surface area contributed by atoms with Gasteiger partial charge in [-0.3, -0.25) is 4.79 Å². The number of aryl methyl sites for hydroxylation is 2. The third-order valence-electron chi connectivity index (χ3n) is 3.88. The summed E-state index contributed by atoms with van der Waals surface area (Å²) in [7, 11) is 0. The summed E-state index contributed by atoms with van der Waals surface area (Å²) in [5, 5.41) is 3.08. The first-order valence-electron chi connectivity index (χ1n) is 8.08. The van der Waals surface area contributed by atoms with Crippen molar-refractivity contribution >= 4 is 5.91 Å². The molecule has 0 heterocycles. The number of carbonyl (C=O) groups is 1. The molecule has 0 aliphatic rings. The fourth-order valence-electron chi connectivity index (χ4n) is 2.65. The van der Waals surface area contributed by atoms with Crippen molar-refractivity contribution in [3.05, 3.63) is 64.7 Å². The first-order chi connectivity index (χ1) is 11.0. The van der Waals surface area contributed by atoms with Crippen LogP contribution in [0.15, 0.2) is 42.5 Å². The van der Waals surface area contributed by atoms with Gasteiger partial charge in [0, 0.05) is 0 Å². The number of amides is 1.